The summed E-state index contributed by atoms with van der Waals surface area (Å²) in [5, 5.41) is 0. The fraction of sp³-hybridized carbons (Fsp3) is 0.133. The van der Waals surface area contributed by atoms with Gasteiger partial charge in [-0.2, -0.15) is 17.7 Å². The highest BCUT2D eigenvalue weighted by atomic mass is 19.5. The van der Waals surface area contributed by atoms with E-state index in [1.807, 2.05) is 0 Å². The maximum atomic E-state index is 13.4. The Labute approximate surface area is 138 Å². The molecule has 0 bridgehead atoms. The summed E-state index contributed by atoms with van der Waals surface area (Å²) in [4.78, 5) is 0. The van der Waals surface area contributed by atoms with E-state index in [4.69, 9.17) is 0 Å². The maximum absolute atomic E-state index is 13.4. The molecule has 1 aromatic heterocycles. The number of imidazole rings is 1. The number of halogens is 7. The van der Waals surface area contributed by atoms with Crippen molar-refractivity contribution in [3.8, 4) is 5.69 Å². The minimum Gasteiger partial charge on any atom is -0.418 e. The van der Waals surface area contributed by atoms with Crippen LogP contribution in [0.5, 0.6) is 0 Å². The van der Waals surface area contributed by atoms with E-state index in [0.29, 0.717) is 16.7 Å². The second-order valence-corrected chi connectivity index (χ2v) is 5.03. The van der Waals surface area contributed by atoms with Gasteiger partial charge in [0.2, 0.25) is 0 Å². The van der Waals surface area contributed by atoms with Crippen molar-refractivity contribution in [2.24, 2.45) is 7.05 Å². The van der Waals surface area contributed by atoms with E-state index in [1.54, 1.807) is 54.6 Å². The summed E-state index contributed by atoms with van der Waals surface area (Å²) in [5.74, 6) is -0.690. The van der Waals surface area contributed by atoms with Gasteiger partial charge in [-0.1, -0.05) is 30.3 Å². The summed E-state index contributed by atoms with van der Waals surface area (Å²) in [5.41, 5.74) is 1.58. The van der Waals surface area contributed by atoms with Crippen LogP contribution in [-0.2, 0) is 13.2 Å². The summed E-state index contributed by atoms with van der Waals surface area (Å²) >= 11 is 0. The third-order valence-electron chi connectivity index (χ3n) is 3.28. The van der Waals surface area contributed by atoms with E-state index in [2.05, 4.69) is 0 Å². The summed E-state index contributed by atoms with van der Waals surface area (Å²) in [7, 11) is -4.56. The van der Waals surface area contributed by atoms with E-state index in [-0.39, 0.29) is 0 Å². The molecule has 0 spiro atoms. The van der Waals surface area contributed by atoms with Gasteiger partial charge in [0.05, 0.1) is 7.05 Å². The molecule has 0 saturated heterocycles. The number of para-hydroxylation sites is 3. The van der Waals surface area contributed by atoms with Crippen molar-refractivity contribution in [3.05, 3.63) is 60.4 Å². The molecule has 0 amide bonds. The maximum Gasteiger partial charge on any atom is 0.673 e. The van der Waals surface area contributed by atoms with Crippen LogP contribution in [0.2, 0.25) is 0 Å². The zero-order valence-corrected chi connectivity index (χ0v) is 12.8. The number of hydrogen-bond donors (Lipinski definition) is 0. The zero-order valence-electron chi connectivity index (χ0n) is 12.8. The zero-order chi connectivity index (χ0) is 18.8. The predicted octanol–water partition coefficient (Wildman–Crippen LogP) is 4.77. The van der Waals surface area contributed by atoms with Crippen LogP contribution in [-0.4, -0.2) is 11.8 Å². The Hall–Kier alpha value is -2.52. The second-order valence-electron chi connectivity index (χ2n) is 5.03. The lowest BCUT2D eigenvalue weighted by molar-refractivity contribution is -0.667. The van der Waals surface area contributed by atoms with Gasteiger partial charge in [0.1, 0.15) is 5.69 Å². The van der Waals surface area contributed by atoms with Crippen LogP contribution in [0.15, 0.2) is 54.6 Å². The molecule has 0 aliphatic rings. The molecule has 1 heterocycles. The van der Waals surface area contributed by atoms with Crippen molar-refractivity contribution < 1.29 is 35.0 Å². The van der Waals surface area contributed by atoms with Gasteiger partial charge in [0, 0.05) is 0 Å². The molecule has 0 unspecified atom stereocenters. The Balaban J connectivity index is 0.000000399. The van der Waals surface area contributed by atoms with Gasteiger partial charge in [0.25, 0.3) is 0 Å². The lowest BCUT2D eigenvalue weighted by Gasteiger charge is -2.05. The number of rotatable bonds is 1. The third kappa shape index (κ3) is 4.52. The van der Waals surface area contributed by atoms with E-state index >= 15 is 0 Å². The fourth-order valence-corrected chi connectivity index (χ4v) is 2.47. The number of nitrogens with zero attached hydrogens (tertiary/aromatic N) is 2. The SMILES string of the molecule is C[n+]1c(C(F)(F)F)n(-c2ccccc2)c2ccccc21.F[B-](F)(F)F. The molecule has 0 fully saturated rings. The summed E-state index contributed by atoms with van der Waals surface area (Å²) < 4.78 is 81.6. The molecule has 10 heteroatoms. The molecule has 0 N–H and O–H groups in total. The standard InChI is InChI=1S/C15H12F3N2.BF4/c1-19-12-9-5-6-10-13(12)20(14(19)15(16,17)18)11-7-3-2-4-8-11;2-1(3,4)5/h2-10H,1H3;/q+1;-1. The first kappa shape index (κ1) is 18.8. The fourth-order valence-electron chi connectivity index (χ4n) is 2.47. The lowest BCUT2D eigenvalue weighted by atomic mass is 10.3. The molecule has 134 valence electrons. The van der Waals surface area contributed by atoms with Gasteiger partial charge in [-0.15, -0.1) is 0 Å². The topological polar surface area (TPSA) is 8.81 Å². The number of aromatic nitrogens is 2. The molecular weight excluding hydrogens is 352 g/mol. The molecule has 3 rings (SSSR count). The number of aryl methyl sites for hydroxylation is 1. The highest BCUT2D eigenvalue weighted by Crippen LogP contribution is 2.32. The van der Waals surface area contributed by atoms with Gasteiger partial charge < -0.3 is 17.3 Å². The molecule has 0 aliphatic heterocycles. The Morgan fingerprint density at radius 2 is 1.32 bits per heavy atom. The van der Waals surface area contributed by atoms with Gasteiger partial charge in [-0.25, -0.2) is 4.57 Å². The molecule has 0 aliphatic carbocycles. The van der Waals surface area contributed by atoms with Crippen molar-refractivity contribution in [1.29, 1.82) is 0 Å². The first-order valence-corrected chi connectivity index (χ1v) is 6.99. The number of benzene rings is 2. The molecule has 2 aromatic carbocycles. The van der Waals surface area contributed by atoms with E-state index < -0.39 is 19.3 Å². The van der Waals surface area contributed by atoms with E-state index in [0.717, 1.165) is 0 Å². The molecule has 0 saturated carbocycles. The summed E-state index contributed by atoms with van der Waals surface area (Å²) in [6.07, 6.45) is -4.43. The van der Waals surface area contributed by atoms with Gasteiger partial charge >= 0.3 is 19.3 Å². The highest BCUT2D eigenvalue weighted by Gasteiger charge is 2.46. The van der Waals surface area contributed by atoms with Crippen LogP contribution < -0.4 is 4.57 Å². The smallest absolute Gasteiger partial charge is 0.418 e. The van der Waals surface area contributed by atoms with Crippen LogP contribution in [0.25, 0.3) is 16.7 Å². The molecule has 25 heavy (non-hydrogen) atoms. The van der Waals surface area contributed by atoms with E-state index in [1.165, 1.54) is 16.2 Å². The van der Waals surface area contributed by atoms with Crippen molar-refractivity contribution in [2.75, 3.05) is 0 Å². The Morgan fingerprint density at radius 3 is 1.84 bits per heavy atom. The quantitative estimate of drug-likeness (QED) is 0.334. The molecule has 0 atom stereocenters. The van der Waals surface area contributed by atoms with Gasteiger partial charge in [0.15, 0.2) is 11.0 Å². The van der Waals surface area contributed by atoms with Crippen LogP contribution >= 0.6 is 0 Å². The Bertz CT molecular complexity index is 848. The normalized spacial score (nSPS) is 12.0. The number of hydrogen-bond acceptors (Lipinski definition) is 0. The molecule has 3 aromatic rings. The average molecular weight is 364 g/mol. The minimum absolute atomic E-state index is 0.497. The predicted molar refractivity (Wildman–Crippen MR) is 79.6 cm³/mol. The lowest BCUT2D eigenvalue weighted by Crippen LogP contribution is -2.38. The van der Waals surface area contributed by atoms with Gasteiger partial charge in [-0.05, 0) is 24.3 Å². The Kier molecular flexibility index (Phi) is 5.10. The monoisotopic (exact) mass is 364 g/mol. The van der Waals surface area contributed by atoms with Crippen molar-refractivity contribution in [2.45, 2.75) is 6.18 Å². The highest BCUT2D eigenvalue weighted by molar-refractivity contribution is 6.50. The third-order valence-corrected chi connectivity index (χ3v) is 3.28. The summed E-state index contributed by atoms with van der Waals surface area (Å²) in [6.45, 7) is 0. The number of alkyl halides is 3. The van der Waals surface area contributed by atoms with Crippen LogP contribution in [0.3, 0.4) is 0 Å². The largest absolute Gasteiger partial charge is 0.673 e. The van der Waals surface area contributed by atoms with Crippen molar-refractivity contribution >= 4 is 18.3 Å². The van der Waals surface area contributed by atoms with Crippen molar-refractivity contribution in [3.63, 3.8) is 0 Å². The molecular formula is C15H12BF7N2. The first-order chi connectivity index (χ1) is 11.5. The van der Waals surface area contributed by atoms with Crippen LogP contribution in [0.1, 0.15) is 5.82 Å². The molecule has 0 radical (unpaired) electrons. The summed E-state index contributed by atoms with van der Waals surface area (Å²) in [6, 6.07) is 15.4. The van der Waals surface area contributed by atoms with Gasteiger partial charge in [-0.3, -0.25) is 0 Å². The number of fused-ring (bicyclic) bond motifs is 1. The van der Waals surface area contributed by atoms with Crippen LogP contribution in [0, 0.1) is 0 Å². The first-order valence-electron chi connectivity index (χ1n) is 6.99. The minimum atomic E-state index is -6.00. The van der Waals surface area contributed by atoms with E-state index in [9.17, 15) is 30.4 Å². The molecule has 2 nitrogen and oxygen atoms in total. The average Bonchev–Trinajstić information content (AvgIpc) is 2.80. The van der Waals surface area contributed by atoms with Crippen molar-refractivity contribution in [1.82, 2.24) is 4.57 Å². The second kappa shape index (κ2) is 6.77. The Morgan fingerprint density at radius 1 is 0.840 bits per heavy atom. The van der Waals surface area contributed by atoms with Crippen LogP contribution in [0.4, 0.5) is 30.4 Å².